The van der Waals surface area contributed by atoms with E-state index in [-0.39, 0.29) is 17.1 Å². The molecule has 2 aliphatic carbocycles. The zero-order chi connectivity index (χ0) is 25.1. The topological polar surface area (TPSA) is 102 Å². The fraction of sp³-hybridized carbons (Fsp3) is 0.414. The number of oxazole rings is 1. The number of nitrogens with zero attached hydrogens (tertiary/aromatic N) is 3. The molecule has 0 bridgehead atoms. The number of carbonyl (C=O) groups is 1. The maximum atomic E-state index is 11.3. The van der Waals surface area contributed by atoms with Crippen molar-refractivity contribution in [3.05, 3.63) is 64.9 Å². The first-order chi connectivity index (χ1) is 18.0. The molecule has 8 nitrogen and oxygen atoms in total. The van der Waals surface area contributed by atoms with Gasteiger partial charge in [-0.25, -0.2) is 4.79 Å². The number of aryl methyl sites for hydroxylation is 1. The van der Waals surface area contributed by atoms with Crippen molar-refractivity contribution in [3.63, 3.8) is 0 Å². The molecule has 2 saturated carbocycles. The van der Waals surface area contributed by atoms with Gasteiger partial charge in [-0.15, -0.1) is 0 Å². The third-order valence-electron chi connectivity index (χ3n) is 8.28. The van der Waals surface area contributed by atoms with Crippen LogP contribution in [0.25, 0.3) is 22.4 Å². The Morgan fingerprint density at radius 2 is 2.05 bits per heavy atom. The van der Waals surface area contributed by atoms with Crippen LogP contribution in [0.15, 0.2) is 51.4 Å². The summed E-state index contributed by atoms with van der Waals surface area (Å²) in [6.07, 6.45) is 5.62. The van der Waals surface area contributed by atoms with Crippen LogP contribution in [0.4, 0.5) is 6.01 Å². The van der Waals surface area contributed by atoms with E-state index < -0.39 is 5.97 Å². The zero-order valence-corrected chi connectivity index (χ0v) is 20.8. The molecular weight excluding hydrogens is 470 g/mol. The molecule has 8 heteroatoms. The Hall–Kier alpha value is -3.65. The third-order valence-corrected chi connectivity index (χ3v) is 8.28. The molecule has 0 unspecified atom stereocenters. The molecule has 3 heterocycles. The summed E-state index contributed by atoms with van der Waals surface area (Å²) in [4.78, 5) is 18.0. The highest BCUT2D eigenvalue weighted by Crippen LogP contribution is 2.51. The smallest absolute Gasteiger partial charge is 0.335 e. The number of benzene rings is 2. The number of carboxylic acids is 1. The van der Waals surface area contributed by atoms with Crippen LogP contribution in [0.1, 0.15) is 65.3 Å². The number of rotatable bonds is 7. The lowest BCUT2D eigenvalue weighted by Crippen LogP contribution is -2.44. The van der Waals surface area contributed by atoms with E-state index in [1.165, 1.54) is 5.56 Å². The number of hydrogen-bond acceptors (Lipinski definition) is 7. The van der Waals surface area contributed by atoms with Crippen molar-refractivity contribution >= 4 is 23.1 Å². The summed E-state index contributed by atoms with van der Waals surface area (Å²) >= 11 is 0. The number of carboxylic acid groups (broad SMARTS) is 1. The van der Waals surface area contributed by atoms with E-state index in [4.69, 9.17) is 13.7 Å². The lowest BCUT2D eigenvalue weighted by atomic mass is 9.66. The van der Waals surface area contributed by atoms with Gasteiger partial charge in [0.05, 0.1) is 18.3 Å². The fourth-order valence-corrected chi connectivity index (χ4v) is 6.02. The van der Waals surface area contributed by atoms with Crippen LogP contribution in [0.2, 0.25) is 0 Å². The molecule has 37 heavy (non-hydrogen) atoms. The number of aromatic nitrogens is 2. The summed E-state index contributed by atoms with van der Waals surface area (Å²) < 4.78 is 18.2. The Labute approximate surface area is 214 Å². The SMILES string of the molecule is Cc1ccccc1-c1noc(C2CC2)c1COC1CC2(CCN(c3nc4ccc(C(=O)O)cc4o3)C2)C1. The summed E-state index contributed by atoms with van der Waals surface area (Å²) in [7, 11) is 0. The highest BCUT2D eigenvalue weighted by Gasteiger charge is 2.50. The molecule has 0 atom stereocenters. The van der Waals surface area contributed by atoms with Crippen molar-refractivity contribution < 1.29 is 23.6 Å². The third kappa shape index (κ3) is 4.00. The molecule has 7 rings (SSSR count). The monoisotopic (exact) mass is 499 g/mol. The maximum Gasteiger partial charge on any atom is 0.335 e. The lowest BCUT2D eigenvalue weighted by molar-refractivity contribution is -0.0797. The number of anilines is 1. The number of ether oxygens (including phenoxy) is 1. The normalized spacial score (nSPS) is 23.2. The van der Waals surface area contributed by atoms with E-state index in [0.717, 1.165) is 67.8 Å². The first-order valence-corrected chi connectivity index (χ1v) is 13.0. The summed E-state index contributed by atoms with van der Waals surface area (Å²) in [5.74, 6) is 0.506. The minimum Gasteiger partial charge on any atom is -0.478 e. The average molecular weight is 500 g/mol. The summed E-state index contributed by atoms with van der Waals surface area (Å²) in [5, 5.41) is 13.7. The first-order valence-electron chi connectivity index (χ1n) is 13.0. The van der Waals surface area contributed by atoms with Crippen molar-refractivity contribution in [2.24, 2.45) is 5.41 Å². The highest BCUT2D eigenvalue weighted by atomic mass is 16.5. The Morgan fingerprint density at radius 1 is 1.22 bits per heavy atom. The van der Waals surface area contributed by atoms with Crippen molar-refractivity contribution in [3.8, 4) is 11.3 Å². The van der Waals surface area contributed by atoms with Gasteiger partial charge in [-0.1, -0.05) is 29.4 Å². The summed E-state index contributed by atoms with van der Waals surface area (Å²) in [6, 6.07) is 13.7. The van der Waals surface area contributed by atoms with Gasteiger partial charge in [0.25, 0.3) is 6.01 Å². The van der Waals surface area contributed by atoms with Crippen LogP contribution in [0.3, 0.4) is 0 Å². The Balaban J connectivity index is 1.01. The predicted molar refractivity (Wildman–Crippen MR) is 137 cm³/mol. The average Bonchev–Trinajstić information content (AvgIpc) is 3.28. The first kappa shape index (κ1) is 22.5. The number of fused-ring (bicyclic) bond motifs is 1. The fourth-order valence-electron chi connectivity index (χ4n) is 6.02. The van der Waals surface area contributed by atoms with E-state index in [1.54, 1.807) is 18.2 Å². The van der Waals surface area contributed by atoms with Crippen molar-refractivity contribution in [2.75, 3.05) is 18.0 Å². The van der Waals surface area contributed by atoms with Gasteiger partial charge in [0.15, 0.2) is 5.58 Å². The Morgan fingerprint density at radius 3 is 2.84 bits per heavy atom. The second kappa shape index (κ2) is 8.45. The van der Waals surface area contributed by atoms with Gasteiger partial charge in [-0.05, 0) is 68.2 Å². The second-order valence-electron chi connectivity index (χ2n) is 11.0. The summed E-state index contributed by atoms with van der Waals surface area (Å²) in [5.41, 5.74) is 5.94. The largest absolute Gasteiger partial charge is 0.478 e. The van der Waals surface area contributed by atoms with E-state index in [0.29, 0.717) is 29.6 Å². The Bertz CT molecular complexity index is 1490. The van der Waals surface area contributed by atoms with Gasteiger partial charge in [0.2, 0.25) is 0 Å². The van der Waals surface area contributed by atoms with Crippen LogP contribution in [-0.4, -0.2) is 40.4 Å². The molecule has 3 fully saturated rings. The van der Waals surface area contributed by atoms with Crippen LogP contribution in [0, 0.1) is 12.3 Å². The molecule has 4 aromatic rings. The molecule has 1 saturated heterocycles. The summed E-state index contributed by atoms with van der Waals surface area (Å²) in [6.45, 7) is 4.39. The van der Waals surface area contributed by atoms with Gasteiger partial charge in [-0.2, -0.15) is 4.98 Å². The van der Waals surface area contributed by atoms with Gasteiger partial charge in [-0.3, -0.25) is 0 Å². The number of aromatic carboxylic acids is 1. The molecule has 0 radical (unpaired) electrons. The Kier molecular flexibility index (Phi) is 5.15. The van der Waals surface area contributed by atoms with E-state index >= 15 is 0 Å². The van der Waals surface area contributed by atoms with E-state index in [9.17, 15) is 9.90 Å². The van der Waals surface area contributed by atoms with Crippen LogP contribution in [0.5, 0.6) is 0 Å². The van der Waals surface area contributed by atoms with Crippen molar-refractivity contribution in [2.45, 2.75) is 57.7 Å². The predicted octanol–water partition coefficient (Wildman–Crippen LogP) is 5.94. The van der Waals surface area contributed by atoms with Crippen LogP contribution in [-0.2, 0) is 11.3 Å². The van der Waals surface area contributed by atoms with Gasteiger partial charge < -0.3 is 23.7 Å². The maximum absolute atomic E-state index is 11.3. The lowest BCUT2D eigenvalue weighted by Gasteiger charge is -2.44. The van der Waals surface area contributed by atoms with E-state index in [1.807, 2.05) is 12.1 Å². The molecule has 3 aliphatic rings. The molecule has 1 spiro atoms. The number of hydrogen-bond donors (Lipinski definition) is 1. The van der Waals surface area contributed by atoms with Gasteiger partial charge in [0.1, 0.15) is 17.0 Å². The van der Waals surface area contributed by atoms with Crippen LogP contribution >= 0.6 is 0 Å². The zero-order valence-electron chi connectivity index (χ0n) is 20.8. The minimum atomic E-state index is -0.970. The molecular formula is C29H29N3O5. The molecule has 190 valence electrons. The highest BCUT2D eigenvalue weighted by molar-refractivity contribution is 5.92. The van der Waals surface area contributed by atoms with Crippen molar-refractivity contribution in [1.82, 2.24) is 10.1 Å². The van der Waals surface area contributed by atoms with Crippen LogP contribution < -0.4 is 4.90 Å². The van der Waals surface area contributed by atoms with Crippen molar-refractivity contribution in [1.29, 1.82) is 0 Å². The van der Waals surface area contributed by atoms with Gasteiger partial charge in [0, 0.05) is 30.1 Å². The minimum absolute atomic E-state index is 0.204. The molecule has 2 aromatic heterocycles. The molecule has 1 aliphatic heterocycles. The standard InChI is InChI=1S/C29H29N3O5/c1-17-4-2-3-5-21(17)25-22(26(37-31-25)18-6-7-18)15-35-20-13-29(14-20)10-11-32(16-29)28-30-23-9-8-19(27(33)34)12-24(23)36-28/h2-5,8-9,12,18,20H,6-7,10-11,13-16H2,1H3,(H,33,34). The quantitative estimate of drug-likeness (QED) is 0.333. The molecule has 1 N–H and O–H groups in total. The second-order valence-corrected chi connectivity index (χ2v) is 11.0. The van der Waals surface area contributed by atoms with Gasteiger partial charge >= 0.3 is 5.97 Å². The molecule has 2 aromatic carbocycles. The molecule has 0 amide bonds. The van der Waals surface area contributed by atoms with E-state index in [2.05, 4.69) is 34.1 Å².